The third kappa shape index (κ3) is 4.32. The van der Waals surface area contributed by atoms with E-state index in [1.165, 1.54) is 12.0 Å². The monoisotopic (exact) mass is 433 g/mol. The first-order valence-electron chi connectivity index (χ1n) is 9.46. The van der Waals surface area contributed by atoms with Crippen molar-refractivity contribution in [2.45, 2.75) is 25.1 Å². The zero-order chi connectivity index (χ0) is 22.0. The maximum absolute atomic E-state index is 12.8. The minimum atomic E-state index is -4.63. The van der Waals surface area contributed by atoms with Crippen LogP contribution in [0.2, 0.25) is 0 Å². The van der Waals surface area contributed by atoms with E-state index in [9.17, 15) is 18.0 Å². The van der Waals surface area contributed by atoms with Gasteiger partial charge in [-0.1, -0.05) is 5.21 Å². The zero-order valence-electron chi connectivity index (χ0n) is 16.5. The molecule has 0 spiro atoms. The van der Waals surface area contributed by atoms with Crippen molar-refractivity contribution in [3.8, 4) is 17.1 Å². The molecule has 0 bridgehead atoms. The number of alkyl halides is 3. The molecule has 1 fully saturated rings. The van der Waals surface area contributed by atoms with Gasteiger partial charge in [-0.3, -0.25) is 4.79 Å². The molecule has 1 aliphatic heterocycles. The number of nitrogens with zero attached hydrogens (tertiary/aromatic N) is 7. The third-order valence-electron chi connectivity index (χ3n) is 5.05. The van der Waals surface area contributed by atoms with Crippen LogP contribution in [0.3, 0.4) is 0 Å². The number of hydrogen-bond acceptors (Lipinski definition) is 7. The molecule has 0 aromatic carbocycles. The number of methoxy groups -OCH3 is 1. The van der Waals surface area contributed by atoms with Crippen molar-refractivity contribution in [1.29, 1.82) is 0 Å². The number of rotatable bonds is 4. The molecule has 0 unspecified atom stereocenters. The first-order chi connectivity index (χ1) is 14.9. The Morgan fingerprint density at radius 2 is 1.97 bits per heavy atom. The lowest BCUT2D eigenvalue weighted by Gasteiger charge is -2.31. The second-order valence-corrected chi connectivity index (χ2v) is 6.95. The Morgan fingerprint density at radius 3 is 2.68 bits per heavy atom. The van der Waals surface area contributed by atoms with E-state index in [0.717, 1.165) is 6.33 Å². The molecule has 9 nitrogen and oxygen atoms in total. The SMILES string of the molecule is COc1ncccc1-c1cn(C2CCN(C(=O)c3cc(C(F)(F)F)ncn3)CC2)nn1. The molecule has 0 saturated carbocycles. The quantitative estimate of drug-likeness (QED) is 0.624. The zero-order valence-corrected chi connectivity index (χ0v) is 16.5. The van der Waals surface area contributed by atoms with Gasteiger partial charge in [0, 0.05) is 25.4 Å². The largest absolute Gasteiger partial charge is 0.481 e. The van der Waals surface area contributed by atoms with E-state index >= 15 is 0 Å². The van der Waals surface area contributed by atoms with Crippen LogP contribution in [0.4, 0.5) is 13.2 Å². The van der Waals surface area contributed by atoms with Crippen molar-refractivity contribution in [2.75, 3.05) is 20.2 Å². The van der Waals surface area contributed by atoms with Gasteiger partial charge in [0.05, 0.1) is 24.9 Å². The van der Waals surface area contributed by atoms with Crippen LogP contribution >= 0.6 is 0 Å². The normalized spacial score (nSPS) is 15.2. The van der Waals surface area contributed by atoms with Gasteiger partial charge in [0.15, 0.2) is 0 Å². The van der Waals surface area contributed by atoms with Crippen molar-refractivity contribution in [2.24, 2.45) is 0 Å². The maximum Gasteiger partial charge on any atom is 0.433 e. The molecule has 0 atom stereocenters. The smallest absolute Gasteiger partial charge is 0.433 e. The molecule has 162 valence electrons. The summed E-state index contributed by atoms with van der Waals surface area (Å²) in [6, 6.07) is 4.29. The summed E-state index contributed by atoms with van der Waals surface area (Å²) in [6.07, 6.45) is 0.696. The van der Waals surface area contributed by atoms with Gasteiger partial charge in [0.25, 0.3) is 5.91 Å². The van der Waals surface area contributed by atoms with Gasteiger partial charge < -0.3 is 9.64 Å². The Balaban J connectivity index is 1.43. The summed E-state index contributed by atoms with van der Waals surface area (Å²) < 4.78 is 45.5. The number of aromatic nitrogens is 6. The fraction of sp³-hybridized carbons (Fsp3) is 0.368. The molecule has 12 heteroatoms. The highest BCUT2D eigenvalue weighted by Crippen LogP contribution is 2.29. The number of carbonyl (C=O) groups is 1. The molecule has 4 rings (SSSR count). The first kappa shape index (κ1) is 20.7. The maximum atomic E-state index is 12.8. The van der Waals surface area contributed by atoms with Gasteiger partial charge in [0.1, 0.15) is 23.4 Å². The number of carbonyl (C=O) groups excluding carboxylic acids is 1. The van der Waals surface area contributed by atoms with E-state index in [1.54, 1.807) is 23.1 Å². The summed E-state index contributed by atoms with van der Waals surface area (Å²) in [4.78, 5) is 25.1. The number of likely N-dealkylation sites (tertiary alicyclic amines) is 1. The van der Waals surface area contributed by atoms with Crippen LogP contribution in [0, 0.1) is 0 Å². The minimum Gasteiger partial charge on any atom is -0.481 e. The van der Waals surface area contributed by atoms with E-state index in [0.29, 0.717) is 49.1 Å². The Hall–Kier alpha value is -3.57. The van der Waals surface area contributed by atoms with Crippen LogP contribution < -0.4 is 4.74 Å². The van der Waals surface area contributed by atoms with Crippen LogP contribution in [-0.2, 0) is 6.18 Å². The van der Waals surface area contributed by atoms with Crippen LogP contribution in [0.5, 0.6) is 5.88 Å². The van der Waals surface area contributed by atoms with Crippen molar-refractivity contribution < 1.29 is 22.7 Å². The van der Waals surface area contributed by atoms with Crippen molar-refractivity contribution in [3.63, 3.8) is 0 Å². The Morgan fingerprint density at radius 1 is 1.19 bits per heavy atom. The predicted molar refractivity (Wildman–Crippen MR) is 101 cm³/mol. The van der Waals surface area contributed by atoms with Crippen molar-refractivity contribution >= 4 is 5.91 Å². The molecule has 1 saturated heterocycles. The lowest BCUT2D eigenvalue weighted by atomic mass is 10.0. The molecular formula is C19H18F3N7O2. The summed E-state index contributed by atoms with van der Waals surface area (Å²) in [5, 5.41) is 8.39. The molecular weight excluding hydrogens is 415 g/mol. The van der Waals surface area contributed by atoms with Crippen molar-refractivity contribution in [3.05, 3.63) is 48.3 Å². The molecule has 3 aromatic rings. The Kier molecular flexibility index (Phi) is 5.53. The summed E-state index contributed by atoms with van der Waals surface area (Å²) in [5.74, 6) is -0.108. The lowest BCUT2D eigenvalue weighted by molar-refractivity contribution is -0.141. The average molecular weight is 433 g/mol. The average Bonchev–Trinajstić information content (AvgIpc) is 3.28. The molecule has 0 N–H and O–H groups in total. The Bertz CT molecular complexity index is 1080. The van der Waals surface area contributed by atoms with E-state index in [-0.39, 0.29) is 11.7 Å². The highest BCUT2D eigenvalue weighted by atomic mass is 19.4. The summed E-state index contributed by atoms with van der Waals surface area (Å²) in [7, 11) is 1.53. The van der Waals surface area contributed by atoms with Crippen LogP contribution in [0.25, 0.3) is 11.3 Å². The standard InChI is InChI=1S/C19H18F3N7O2/c1-31-17-13(3-2-6-23-17)15-10-29(27-26-15)12-4-7-28(8-5-12)18(30)14-9-16(19(20,21)22)25-11-24-14/h2-3,6,9-12H,4-5,7-8H2,1H3. The third-order valence-corrected chi connectivity index (χ3v) is 5.05. The van der Waals surface area contributed by atoms with Crippen LogP contribution in [0.1, 0.15) is 35.1 Å². The first-order valence-corrected chi connectivity index (χ1v) is 9.46. The van der Waals surface area contributed by atoms with Crippen molar-refractivity contribution in [1.82, 2.24) is 34.8 Å². The van der Waals surface area contributed by atoms with Gasteiger partial charge >= 0.3 is 6.18 Å². The highest BCUT2D eigenvalue weighted by Gasteiger charge is 2.34. The molecule has 0 radical (unpaired) electrons. The topological polar surface area (TPSA) is 98.9 Å². The predicted octanol–water partition coefficient (Wildman–Crippen LogP) is 2.63. The molecule has 4 heterocycles. The number of ether oxygens (including phenoxy) is 1. The van der Waals surface area contributed by atoms with E-state index in [1.807, 2.05) is 6.07 Å². The van der Waals surface area contributed by atoms with Gasteiger partial charge in [-0.25, -0.2) is 19.6 Å². The van der Waals surface area contributed by atoms with E-state index in [4.69, 9.17) is 4.74 Å². The molecule has 0 aliphatic carbocycles. The van der Waals surface area contributed by atoms with Gasteiger partial charge in [0.2, 0.25) is 5.88 Å². The lowest BCUT2D eigenvalue weighted by Crippen LogP contribution is -2.39. The highest BCUT2D eigenvalue weighted by molar-refractivity contribution is 5.92. The van der Waals surface area contributed by atoms with Gasteiger partial charge in [-0.15, -0.1) is 5.10 Å². The molecule has 1 amide bonds. The fourth-order valence-corrected chi connectivity index (χ4v) is 3.45. The van der Waals surface area contributed by atoms with Gasteiger partial charge in [-0.05, 0) is 25.0 Å². The number of pyridine rings is 1. The van der Waals surface area contributed by atoms with Crippen LogP contribution in [-0.4, -0.2) is 61.0 Å². The Labute approximate surface area is 174 Å². The van der Waals surface area contributed by atoms with Crippen LogP contribution in [0.15, 0.2) is 36.9 Å². The second kappa shape index (κ2) is 8.28. The molecule has 3 aromatic heterocycles. The number of hydrogen-bond donors (Lipinski definition) is 0. The second-order valence-electron chi connectivity index (χ2n) is 6.95. The fourth-order valence-electron chi connectivity index (χ4n) is 3.45. The number of halogens is 3. The van der Waals surface area contributed by atoms with E-state index < -0.39 is 17.8 Å². The number of piperidine rings is 1. The molecule has 1 aliphatic rings. The molecule has 31 heavy (non-hydrogen) atoms. The van der Waals surface area contributed by atoms with Gasteiger partial charge in [-0.2, -0.15) is 13.2 Å². The summed E-state index contributed by atoms with van der Waals surface area (Å²) >= 11 is 0. The summed E-state index contributed by atoms with van der Waals surface area (Å²) in [5.41, 5.74) is -0.0774. The summed E-state index contributed by atoms with van der Waals surface area (Å²) in [6.45, 7) is 0.723. The minimum absolute atomic E-state index is 0.00380. The number of amides is 1. The van der Waals surface area contributed by atoms with E-state index in [2.05, 4.69) is 25.3 Å².